The molecule has 0 radical (unpaired) electrons. The predicted octanol–water partition coefficient (Wildman–Crippen LogP) is -5.16. The second-order valence-electron chi connectivity index (χ2n) is 0.801. The van der Waals surface area contributed by atoms with Gasteiger partial charge in [-0.15, -0.1) is 0 Å². The fraction of sp³-hybridized carbons (Fsp3) is 1.00. The summed E-state index contributed by atoms with van der Waals surface area (Å²) in [6.07, 6.45) is 0. The number of hydrogen-bond acceptors (Lipinski definition) is 5. The van der Waals surface area contributed by atoms with Crippen LogP contribution in [0.2, 0.25) is 0 Å². The quantitative estimate of drug-likeness (QED) is 0.349. The second kappa shape index (κ2) is 32.3. The fourth-order valence-electron chi connectivity index (χ4n) is 0. The van der Waals surface area contributed by atoms with E-state index in [0.717, 1.165) is 0 Å². The number of nitrogens with two attached hydrogens (primary N) is 2. The smallest absolute Gasteiger partial charge is 1.00 e. The van der Waals surface area contributed by atoms with E-state index in [9.17, 15) is 0 Å². The first-order valence-corrected chi connectivity index (χ1v) is 1.86. The van der Waals surface area contributed by atoms with Crippen LogP contribution in [0.3, 0.4) is 0 Å². The van der Waals surface area contributed by atoms with Crippen LogP contribution >= 0.6 is 0 Å². The molecule has 0 atom stereocenters. The van der Waals surface area contributed by atoms with E-state index in [2.05, 4.69) is 0 Å². The van der Waals surface area contributed by atoms with Gasteiger partial charge in [-0.25, -0.2) is 0 Å². The van der Waals surface area contributed by atoms with Crippen molar-refractivity contribution in [1.82, 2.24) is 0 Å². The Balaban J connectivity index is -0.0000000171. The first-order valence-electron chi connectivity index (χ1n) is 1.86. The van der Waals surface area contributed by atoms with Gasteiger partial charge in [0.05, 0.1) is 5.09 Å². The Hall–Kier alpha value is 0.0583. The fourth-order valence-corrected chi connectivity index (χ4v) is 0. The Labute approximate surface area is 84.2 Å². The Bertz CT molecular complexity index is 61.3. The van der Waals surface area contributed by atoms with E-state index in [4.69, 9.17) is 26.8 Å². The summed E-state index contributed by atoms with van der Waals surface area (Å²) in [5.41, 5.74) is 9.81. The molecule has 11 heavy (non-hydrogen) atoms. The van der Waals surface area contributed by atoms with E-state index in [-0.39, 0.29) is 38.9 Å². The second-order valence-corrected chi connectivity index (χ2v) is 0.801. The molecule has 0 fully saturated rings. The van der Waals surface area contributed by atoms with Crippen LogP contribution in [0.1, 0.15) is 0 Å². The third-order valence-corrected chi connectivity index (χ3v) is 0.167. The van der Waals surface area contributed by atoms with Gasteiger partial charge in [-0.3, -0.25) is 0 Å². The molecule has 6 N–H and O–H groups in total. The van der Waals surface area contributed by atoms with E-state index < -0.39 is 5.09 Å². The van der Waals surface area contributed by atoms with Gasteiger partial charge in [-0.1, -0.05) is 0 Å². The van der Waals surface area contributed by atoms with Crippen molar-refractivity contribution < 1.29 is 44.0 Å². The van der Waals surface area contributed by atoms with Gasteiger partial charge < -0.3 is 44.7 Å². The summed E-state index contributed by atoms with van der Waals surface area (Å²) < 4.78 is 0. The van der Waals surface area contributed by atoms with E-state index in [1.807, 2.05) is 0 Å². The molecular formula is C2H10ClN3O4Pt. The molecule has 0 saturated carbocycles. The van der Waals surface area contributed by atoms with Crippen LogP contribution in [0.4, 0.5) is 0 Å². The third-order valence-electron chi connectivity index (χ3n) is 0.167. The van der Waals surface area contributed by atoms with Crippen molar-refractivity contribution in [2.75, 3.05) is 13.1 Å². The molecule has 74 valence electrons. The summed E-state index contributed by atoms with van der Waals surface area (Å²) in [6.45, 7) is 1.19. The van der Waals surface area contributed by atoms with Crippen LogP contribution < -0.4 is 23.9 Å². The maximum absolute atomic E-state index is 8.25. The molecule has 0 aliphatic rings. The normalized spacial score (nSPS) is 4.91. The minimum atomic E-state index is -1.75. The average molecular weight is 371 g/mol. The zero-order chi connectivity index (χ0) is 6.99. The molecule has 7 nitrogen and oxygen atoms in total. The Morgan fingerprint density at radius 3 is 1.27 bits per heavy atom. The van der Waals surface area contributed by atoms with Gasteiger partial charge in [-0.2, -0.15) is 0 Å². The summed E-state index contributed by atoms with van der Waals surface area (Å²) in [5, 5.41) is 14.8. The van der Waals surface area contributed by atoms with Gasteiger partial charge in [0.1, 0.15) is 0 Å². The zero-order valence-electron chi connectivity index (χ0n) is 5.44. The summed E-state index contributed by atoms with van der Waals surface area (Å²) in [7, 11) is 0. The van der Waals surface area contributed by atoms with Crippen molar-refractivity contribution in [3.63, 3.8) is 0 Å². The van der Waals surface area contributed by atoms with Crippen LogP contribution in [0.5, 0.6) is 0 Å². The van der Waals surface area contributed by atoms with E-state index in [1.54, 1.807) is 0 Å². The number of halogens is 1. The Kier molecular flexibility index (Phi) is 89.4. The minimum absolute atomic E-state index is 0. The van der Waals surface area contributed by atoms with Crippen molar-refractivity contribution in [1.29, 1.82) is 0 Å². The van der Waals surface area contributed by atoms with Crippen LogP contribution in [-0.4, -0.2) is 23.7 Å². The average Bonchev–Trinajstić information content (AvgIpc) is 1.65. The van der Waals surface area contributed by atoms with Crippen molar-refractivity contribution in [3.05, 3.63) is 15.3 Å². The summed E-state index contributed by atoms with van der Waals surface area (Å²) in [5.74, 6) is 0. The molecule has 0 unspecified atom stereocenters. The van der Waals surface area contributed by atoms with Crippen molar-refractivity contribution >= 4 is 0 Å². The Morgan fingerprint density at radius 2 is 1.27 bits per heavy atom. The molecule has 0 amide bonds. The first kappa shape index (κ1) is 30.5. The molecule has 0 spiro atoms. The van der Waals surface area contributed by atoms with Crippen molar-refractivity contribution in [2.45, 2.75) is 0 Å². The molecule has 9 heteroatoms. The predicted molar refractivity (Wildman–Crippen MR) is 32.1 cm³/mol. The van der Waals surface area contributed by atoms with Gasteiger partial charge in [0.15, 0.2) is 0 Å². The van der Waals surface area contributed by atoms with Crippen molar-refractivity contribution in [2.24, 2.45) is 11.5 Å². The third kappa shape index (κ3) is 583. The summed E-state index contributed by atoms with van der Waals surface area (Å²) in [6, 6.07) is 0. The maximum atomic E-state index is 8.25. The van der Waals surface area contributed by atoms with E-state index in [1.165, 1.54) is 0 Å². The topological polar surface area (TPSA) is 150 Å². The maximum Gasteiger partial charge on any atom is 2.00 e. The molecule has 0 aromatic carbocycles. The molecular weight excluding hydrogens is 361 g/mol. The van der Waals surface area contributed by atoms with Crippen molar-refractivity contribution in [3.8, 4) is 0 Å². The summed E-state index contributed by atoms with van der Waals surface area (Å²) >= 11 is 0. The Morgan fingerprint density at radius 1 is 1.18 bits per heavy atom. The van der Waals surface area contributed by atoms with Gasteiger partial charge in [-0.05, 0) is 0 Å². The molecule has 0 saturated heterocycles. The number of hydrogen-bond donors (Lipinski definition) is 2. The molecule has 0 rings (SSSR count). The van der Waals surface area contributed by atoms with E-state index in [0.29, 0.717) is 13.1 Å². The minimum Gasteiger partial charge on any atom is -1.00 e. The van der Waals surface area contributed by atoms with Gasteiger partial charge >= 0.3 is 21.1 Å². The SMILES string of the molecule is NCCN.O.O=[N+]([O-])[O-].[Cl-].[Pt+2]. The monoisotopic (exact) mass is 370 g/mol. The van der Waals surface area contributed by atoms with Gasteiger partial charge in [0.2, 0.25) is 0 Å². The molecule has 0 aromatic rings. The first-order chi connectivity index (χ1) is 3.65. The molecule has 0 aromatic heterocycles. The molecule has 0 heterocycles. The standard InChI is InChI=1S/C2H8N2.ClH.NO3.H2O.Pt/c3-1-2-4;;2-1(3)4;;/h1-4H2;1H;;1H2;/q;;-1;;+2/p-1. The largest absolute Gasteiger partial charge is 2.00 e. The molecule has 0 aliphatic heterocycles. The van der Waals surface area contributed by atoms with Crippen LogP contribution in [0, 0.1) is 15.3 Å². The van der Waals surface area contributed by atoms with Crippen LogP contribution in [-0.2, 0) is 21.1 Å². The van der Waals surface area contributed by atoms with Crippen LogP contribution in [0.25, 0.3) is 0 Å². The molecule has 0 aliphatic carbocycles. The van der Waals surface area contributed by atoms with E-state index >= 15 is 0 Å². The summed E-state index contributed by atoms with van der Waals surface area (Å²) in [4.78, 5) is 8.25. The van der Waals surface area contributed by atoms with Gasteiger partial charge in [0.25, 0.3) is 0 Å². The van der Waals surface area contributed by atoms with Crippen LogP contribution in [0.15, 0.2) is 0 Å². The zero-order valence-corrected chi connectivity index (χ0v) is 8.46. The molecule has 0 bridgehead atoms. The van der Waals surface area contributed by atoms with Gasteiger partial charge in [0, 0.05) is 13.1 Å². The number of nitrogens with zero attached hydrogens (tertiary/aromatic N) is 1. The number of rotatable bonds is 1.